The Hall–Kier alpha value is -1.01. The minimum absolute atomic E-state index is 0.293. The summed E-state index contributed by atoms with van der Waals surface area (Å²) in [5.74, 6) is 5.33. The van der Waals surface area contributed by atoms with Crippen molar-refractivity contribution in [3.05, 3.63) is 46.2 Å². The fraction of sp³-hybridized carbons (Fsp3) is 0. The van der Waals surface area contributed by atoms with E-state index in [1.807, 2.05) is 0 Å². The molecule has 2 aromatic rings. The number of halogens is 3. The Kier molecular flexibility index (Phi) is 4.29. The number of rotatable bonds is 3. The fourth-order valence-corrected chi connectivity index (χ4v) is 2.55. The van der Waals surface area contributed by atoms with E-state index in [0.717, 1.165) is 4.90 Å². The first-order valence-corrected chi connectivity index (χ1v) is 6.43. The number of hydrazine groups is 1. The van der Waals surface area contributed by atoms with E-state index in [1.165, 1.54) is 23.9 Å². The van der Waals surface area contributed by atoms with Crippen LogP contribution in [0.2, 0.25) is 10.0 Å². The predicted molar refractivity (Wildman–Crippen MR) is 72.6 cm³/mol. The first kappa shape index (κ1) is 13.4. The maximum absolute atomic E-state index is 12.8. The van der Waals surface area contributed by atoms with Crippen LogP contribution in [0.1, 0.15) is 0 Å². The number of aromatic nitrogens is 1. The quantitative estimate of drug-likeness (QED) is 0.665. The van der Waals surface area contributed by atoms with Gasteiger partial charge in [0.2, 0.25) is 0 Å². The van der Waals surface area contributed by atoms with Gasteiger partial charge in [0.15, 0.2) is 5.82 Å². The van der Waals surface area contributed by atoms with E-state index in [4.69, 9.17) is 29.0 Å². The van der Waals surface area contributed by atoms with Gasteiger partial charge in [-0.25, -0.2) is 15.2 Å². The highest BCUT2D eigenvalue weighted by atomic mass is 35.5. The molecular formula is C11H8Cl2FN3S. The summed E-state index contributed by atoms with van der Waals surface area (Å²) >= 11 is 13.2. The van der Waals surface area contributed by atoms with Gasteiger partial charge in [0.1, 0.15) is 10.8 Å². The van der Waals surface area contributed by atoms with E-state index in [9.17, 15) is 4.39 Å². The molecule has 3 nitrogen and oxygen atoms in total. The van der Waals surface area contributed by atoms with Crippen molar-refractivity contribution in [1.82, 2.24) is 4.98 Å². The summed E-state index contributed by atoms with van der Waals surface area (Å²) in [6.45, 7) is 0. The largest absolute Gasteiger partial charge is 0.307 e. The molecule has 1 aromatic heterocycles. The van der Waals surface area contributed by atoms with Crippen molar-refractivity contribution < 1.29 is 4.39 Å². The highest BCUT2D eigenvalue weighted by Crippen LogP contribution is 2.35. The average molecular weight is 304 g/mol. The van der Waals surface area contributed by atoms with E-state index in [2.05, 4.69) is 10.4 Å². The summed E-state index contributed by atoms with van der Waals surface area (Å²) in [6, 6.07) is 7.57. The van der Waals surface area contributed by atoms with Crippen molar-refractivity contribution in [2.75, 3.05) is 5.43 Å². The van der Waals surface area contributed by atoms with Gasteiger partial charge in [-0.05, 0) is 30.3 Å². The average Bonchev–Trinajstić information content (AvgIpc) is 2.35. The second kappa shape index (κ2) is 5.75. The molecule has 0 aliphatic carbocycles. The van der Waals surface area contributed by atoms with Crippen molar-refractivity contribution >= 4 is 40.8 Å². The van der Waals surface area contributed by atoms with Crippen molar-refractivity contribution in [1.29, 1.82) is 0 Å². The van der Waals surface area contributed by atoms with Gasteiger partial charge < -0.3 is 5.43 Å². The SMILES string of the molecule is NNc1nc(Sc2ccc(F)cc2)c(Cl)cc1Cl. The number of nitrogens with one attached hydrogen (secondary N) is 1. The lowest BCUT2D eigenvalue weighted by Crippen LogP contribution is -2.09. The number of benzene rings is 1. The molecular weight excluding hydrogens is 296 g/mol. The van der Waals surface area contributed by atoms with Gasteiger partial charge in [0.05, 0.1) is 10.0 Å². The van der Waals surface area contributed by atoms with Crippen LogP contribution in [0.25, 0.3) is 0 Å². The third-order valence-electron chi connectivity index (χ3n) is 2.06. The van der Waals surface area contributed by atoms with E-state index in [1.54, 1.807) is 18.2 Å². The molecule has 0 bridgehead atoms. The van der Waals surface area contributed by atoms with Gasteiger partial charge >= 0.3 is 0 Å². The molecule has 3 N–H and O–H groups in total. The van der Waals surface area contributed by atoms with Gasteiger partial charge in [-0.3, -0.25) is 0 Å². The summed E-state index contributed by atoms with van der Waals surface area (Å²) in [5, 5.41) is 1.29. The zero-order chi connectivity index (χ0) is 13.1. The number of hydrogen-bond acceptors (Lipinski definition) is 4. The molecule has 0 amide bonds. The molecule has 0 aliphatic rings. The Labute approximate surface area is 117 Å². The molecule has 0 saturated heterocycles. The number of hydrogen-bond donors (Lipinski definition) is 2. The van der Waals surface area contributed by atoms with Gasteiger partial charge in [0.25, 0.3) is 0 Å². The van der Waals surface area contributed by atoms with Crippen LogP contribution in [-0.4, -0.2) is 4.98 Å². The van der Waals surface area contributed by atoms with E-state index in [-0.39, 0.29) is 5.82 Å². The Balaban J connectivity index is 2.31. The minimum atomic E-state index is -0.293. The molecule has 0 radical (unpaired) electrons. The lowest BCUT2D eigenvalue weighted by atomic mass is 10.4. The number of nitrogens with zero attached hydrogens (tertiary/aromatic N) is 1. The summed E-state index contributed by atoms with van der Waals surface area (Å²) < 4.78 is 12.8. The molecule has 0 fully saturated rings. The van der Waals surface area contributed by atoms with E-state index < -0.39 is 0 Å². The zero-order valence-corrected chi connectivity index (χ0v) is 11.3. The predicted octanol–water partition coefficient (Wildman–Crippen LogP) is 3.96. The van der Waals surface area contributed by atoms with Crippen molar-refractivity contribution in [3.8, 4) is 0 Å². The van der Waals surface area contributed by atoms with Crippen LogP contribution < -0.4 is 11.3 Å². The first-order chi connectivity index (χ1) is 8.60. The van der Waals surface area contributed by atoms with Crippen LogP contribution in [0.5, 0.6) is 0 Å². The Morgan fingerprint density at radius 2 is 1.83 bits per heavy atom. The van der Waals surface area contributed by atoms with Crippen LogP contribution in [0.4, 0.5) is 10.2 Å². The van der Waals surface area contributed by atoms with Gasteiger partial charge in [-0.2, -0.15) is 0 Å². The number of pyridine rings is 1. The molecule has 1 aromatic carbocycles. The molecule has 18 heavy (non-hydrogen) atoms. The molecule has 0 unspecified atom stereocenters. The normalized spacial score (nSPS) is 10.4. The first-order valence-electron chi connectivity index (χ1n) is 4.86. The topological polar surface area (TPSA) is 50.9 Å². The van der Waals surface area contributed by atoms with Gasteiger partial charge in [-0.15, -0.1) is 0 Å². The maximum atomic E-state index is 12.8. The minimum Gasteiger partial charge on any atom is -0.307 e. The molecule has 0 spiro atoms. The number of nitrogen functional groups attached to an aromatic ring is 1. The van der Waals surface area contributed by atoms with Crippen molar-refractivity contribution in [2.24, 2.45) is 5.84 Å². The Bertz CT molecular complexity index is 563. The van der Waals surface area contributed by atoms with Crippen molar-refractivity contribution in [2.45, 2.75) is 9.92 Å². The smallest absolute Gasteiger partial charge is 0.160 e. The van der Waals surface area contributed by atoms with Crippen LogP contribution in [0.15, 0.2) is 40.3 Å². The Morgan fingerprint density at radius 3 is 2.44 bits per heavy atom. The second-order valence-electron chi connectivity index (χ2n) is 3.31. The molecule has 0 saturated carbocycles. The highest BCUT2D eigenvalue weighted by Gasteiger charge is 2.10. The maximum Gasteiger partial charge on any atom is 0.160 e. The molecule has 1 heterocycles. The van der Waals surface area contributed by atoms with E-state index in [0.29, 0.717) is 20.9 Å². The lowest BCUT2D eigenvalue weighted by Gasteiger charge is -2.07. The fourth-order valence-electron chi connectivity index (χ4n) is 1.24. The van der Waals surface area contributed by atoms with Crippen LogP contribution in [0.3, 0.4) is 0 Å². The molecule has 0 aliphatic heterocycles. The zero-order valence-electron chi connectivity index (χ0n) is 8.95. The summed E-state index contributed by atoms with van der Waals surface area (Å²) in [6.07, 6.45) is 0. The monoisotopic (exact) mass is 303 g/mol. The summed E-state index contributed by atoms with van der Waals surface area (Å²) in [5.41, 5.74) is 2.38. The standard InChI is InChI=1S/C11H8Cl2FN3S/c12-8-5-9(13)11(16-10(8)17-15)18-7-3-1-6(14)2-4-7/h1-5H,15H2,(H,16,17). The van der Waals surface area contributed by atoms with Gasteiger partial charge in [-0.1, -0.05) is 35.0 Å². The number of anilines is 1. The van der Waals surface area contributed by atoms with Gasteiger partial charge in [0, 0.05) is 4.90 Å². The molecule has 7 heteroatoms. The lowest BCUT2D eigenvalue weighted by molar-refractivity contribution is 0.626. The Morgan fingerprint density at radius 1 is 1.17 bits per heavy atom. The summed E-state index contributed by atoms with van der Waals surface area (Å²) in [4.78, 5) is 4.99. The van der Waals surface area contributed by atoms with Crippen molar-refractivity contribution in [3.63, 3.8) is 0 Å². The molecule has 0 atom stereocenters. The number of nitrogens with two attached hydrogens (primary N) is 1. The second-order valence-corrected chi connectivity index (χ2v) is 5.18. The van der Waals surface area contributed by atoms with Crippen LogP contribution in [-0.2, 0) is 0 Å². The van der Waals surface area contributed by atoms with Crippen LogP contribution in [0, 0.1) is 5.82 Å². The molecule has 94 valence electrons. The highest BCUT2D eigenvalue weighted by molar-refractivity contribution is 7.99. The third kappa shape index (κ3) is 3.05. The molecule has 2 rings (SSSR count). The van der Waals surface area contributed by atoms with E-state index >= 15 is 0 Å². The van der Waals surface area contributed by atoms with Crippen LogP contribution >= 0.6 is 35.0 Å². The third-order valence-corrected chi connectivity index (χ3v) is 3.76. The summed E-state index contributed by atoms with van der Waals surface area (Å²) in [7, 11) is 0.